The molecule has 10 heteroatoms. The highest BCUT2D eigenvalue weighted by atomic mass is 35.5. The van der Waals surface area contributed by atoms with Gasteiger partial charge in [0, 0.05) is 12.1 Å². The van der Waals surface area contributed by atoms with Crippen LogP contribution in [0.3, 0.4) is 0 Å². The molecule has 2 aromatic rings. The molecule has 0 heterocycles. The number of nitrogens with zero attached hydrogens (tertiary/aromatic N) is 1. The number of carbonyl (C=O) groups is 1. The number of nitro groups is 1. The number of sulfonamides is 1. The number of nitrogens with one attached hydrogen (secondary N) is 1. The first-order chi connectivity index (χ1) is 11.7. The normalized spacial score (nSPS) is 12.5. The summed E-state index contributed by atoms with van der Waals surface area (Å²) in [6.45, 7) is 0. The number of benzene rings is 2. The van der Waals surface area contributed by atoms with Crippen molar-refractivity contribution in [1.29, 1.82) is 0 Å². The van der Waals surface area contributed by atoms with Gasteiger partial charge in [0.05, 0.1) is 22.4 Å². The Morgan fingerprint density at radius 2 is 1.88 bits per heavy atom. The number of nitro benzene ring substituents is 1. The van der Waals surface area contributed by atoms with Crippen LogP contribution in [0.25, 0.3) is 0 Å². The molecular formula is C15H13ClN2O6S. The molecule has 0 aliphatic carbocycles. The first-order valence-corrected chi connectivity index (χ1v) is 8.80. The molecular weight excluding hydrogens is 372 g/mol. The maximum Gasteiger partial charge on any atom is 0.305 e. The van der Waals surface area contributed by atoms with E-state index in [0.29, 0.717) is 5.56 Å². The molecule has 2 rings (SSSR count). The van der Waals surface area contributed by atoms with Crippen molar-refractivity contribution in [2.75, 3.05) is 0 Å². The van der Waals surface area contributed by atoms with E-state index in [-0.39, 0.29) is 5.02 Å². The van der Waals surface area contributed by atoms with Crippen LogP contribution in [-0.2, 0) is 14.8 Å². The minimum Gasteiger partial charge on any atom is -0.481 e. The lowest BCUT2D eigenvalue weighted by Crippen LogP contribution is -2.30. The van der Waals surface area contributed by atoms with E-state index in [1.54, 1.807) is 30.3 Å². The van der Waals surface area contributed by atoms with E-state index in [2.05, 4.69) is 4.72 Å². The van der Waals surface area contributed by atoms with E-state index in [0.717, 1.165) is 18.2 Å². The van der Waals surface area contributed by atoms with Crippen LogP contribution >= 0.6 is 11.6 Å². The number of carboxylic acids is 1. The van der Waals surface area contributed by atoms with Crippen LogP contribution < -0.4 is 4.72 Å². The molecule has 2 N–H and O–H groups in total. The van der Waals surface area contributed by atoms with Crippen molar-refractivity contribution in [2.45, 2.75) is 17.4 Å². The number of non-ortho nitro benzene ring substituents is 1. The van der Waals surface area contributed by atoms with E-state index >= 15 is 0 Å². The highest BCUT2D eigenvalue weighted by molar-refractivity contribution is 7.89. The fourth-order valence-electron chi connectivity index (χ4n) is 2.15. The third kappa shape index (κ3) is 4.75. The zero-order valence-electron chi connectivity index (χ0n) is 12.6. The van der Waals surface area contributed by atoms with Gasteiger partial charge >= 0.3 is 5.97 Å². The molecule has 0 spiro atoms. The minimum absolute atomic E-state index is 0.208. The molecule has 1 unspecified atom stereocenters. The average Bonchev–Trinajstić information content (AvgIpc) is 2.54. The van der Waals surface area contributed by atoms with Gasteiger partial charge in [-0.05, 0) is 11.6 Å². The first-order valence-electron chi connectivity index (χ1n) is 6.93. The molecule has 8 nitrogen and oxygen atoms in total. The number of aliphatic carboxylic acids is 1. The molecule has 25 heavy (non-hydrogen) atoms. The van der Waals surface area contributed by atoms with Crippen molar-refractivity contribution in [3.8, 4) is 0 Å². The summed E-state index contributed by atoms with van der Waals surface area (Å²) < 4.78 is 27.4. The molecule has 2 aromatic carbocycles. The van der Waals surface area contributed by atoms with Crippen LogP contribution in [0.1, 0.15) is 18.0 Å². The van der Waals surface area contributed by atoms with Crippen LogP contribution in [0.5, 0.6) is 0 Å². The van der Waals surface area contributed by atoms with Crippen molar-refractivity contribution in [2.24, 2.45) is 0 Å². The Bertz CT molecular complexity index is 901. The average molecular weight is 385 g/mol. The Labute approximate surface area is 148 Å². The summed E-state index contributed by atoms with van der Waals surface area (Å²) in [6.07, 6.45) is -0.504. The SMILES string of the molecule is O=C(O)CC(NS(=O)(=O)c1cc([N+](=O)[O-])ccc1Cl)c1ccccc1. The third-order valence-electron chi connectivity index (χ3n) is 3.29. The lowest BCUT2D eigenvalue weighted by Gasteiger charge is -2.18. The van der Waals surface area contributed by atoms with Gasteiger partial charge in [0.1, 0.15) is 4.90 Å². The van der Waals surface area contributed by atoms with Crippen molar-refractivity contribution < 1.29 is 23.2 Å². The summed E-state index contributed by atoms with van der Waals surface area (Å²) in [6, 6.07) is 10.1. The van der Waals surface area contributed by atoms with Crippen LogP contribution in [-0.4, -0.2) is 24.4 Å². The molecule has 0 fully saturated rings. The third-order valence-corrected chi connectivity index (χ3v) is 5.25. The molecule has 0 bridgehead atoms. The monoisotopic (exact) mass is 384 g/mol. The zero-order chi connectivity index (χ0) is 18.6. The maximum atomic E-state index is 12.6. The largest absolute Gasteiger partial charge is 0.481 e. The fraction of sp³-hybridized carbons (Fsp3) is 0.133. The molecule has 0 aliphatic rings. The summed E-state index contributed by atoms with van der Waals surface area (Å²) in [7, 11) is -4.29. The number of hydrogen-bond acceptors (Lipinski definition) is 5. The second-order valence-electron chi connectivity index (χ2n) is 5.05. The summed E-state index contributed by atoms with van der Waals surface area (Å²) in [5.41, 5.74) is -0.00528. The maximum absolute atomic E-state index is 12.6. The van der Waals surface area contributed by atoms with E-state index in [1.807, 2.05) is 0 Å². The van der Waals surface area contributed by atoms with Gasteiger partial charge in [-0.1, -0.05) is 41.9 Å². The lowest BCUT2D eigenvalue weighted by atomic mass is 10.1. The number of halogens is 1. The van der Waals surface area contributed by atoms with Crippen molar-refractivity contribution in [3.05, 3.63) is 69.2 Å². The second kappa shape index (κ2) is 7.60. The molecule has 132 valence electrons. The highest BCUT2D eigenvalue weighted by Crippen LogP contribution is 2.28. The van der Waals surface area contributed by atoms with Gasteiger partial charge in [-0.25, -0.2) is 13.1 Å². The van der Waals surface area contributed by atoms with Gasteiger partial charge in [0.25, 0.3) is 5.69 Å². The predicted octanol–water partition coefficient (Wildman–Crippen LogP) is 2.74. The summed E-state index contributed by atoms with van der Waals surface area (Å²) >= 11 is 5.86. The first kappa shape index (κ1) is 18.8. The van der Waals surface area contributed by atoms with Gasteiger partial charge < -0.3 is 5.11 Å². The number of rotatable bonds is 7. The van der Waals surface area contributed by atoms with Gasteiger partial charge in [-0.2, -0.15) is 0 Å². The van der Waals surface area contributed by atoms with E-state index in [9.17, 15) is 23.3 Å². The Hall–Kier alpha value is -2.49. The summed E-state index contributed by atoms with van der Waals surface area (Å²) in [5, 5.41) is 19.7. The Balaban J connectivity index is 2.42. The second-order valence-corrected chi connectivity index (χ2v) is 7.14. The summed E-state index contributed by atoms with van der Waals surface area (Å²) in [5.74, 6) is -1.21. The van der Waals surface area contributed by atoms with Crippen molar-refractivity contribution in [3.63, 3.8) is 0 Å². The molecule has 1 atom stereocenters. The van der Waals surface area contributed by atoms with Gasteiger partial charge in [-0.3, -0.25) is 14.9 Å². The highest BCUT2D eigenvalue weighted by Gasteiger charge is 2.27. The number of hydrogen-bond donors (Lipinski definition) is 2. The molecule has 0 radical (unpaired) electrons. The molecule has 0 amide bonds. The molecule has 0 saturated heterocycles. The fourth-order valence-corrected chi connectivity index (χ4v) is 3.89. The Morgan fingerprint density at radius 1 is 1.24 bits per heavy atom. The predicted molar refractivity (Wildman–Crippen MR) is 89.9 cm³/mol. The molecule has 0 aliphatic heterocycles. The van der Waals surface area contributed by atoms with Gasteiger partial charge in [0.2, 0.25) is 10.0 Å². The molecule has 0 aromatic heterocycles. The van der Waals surface area contributed by atoms with E-state index < -0.39 is 44.0 Å². The smallest absolute Gasteiger partial charge is 0.305 e. The minimum atomic E-state index is -4.29. The van der Waals surface area contributed by atoms with Crippen LogP contribution in [0, 0.1) is 10.1 Å². The van der Waals surface area contributed by atoms with E-state index in [4.69, 9.17) is 16.7 Å². The Kier molecular flexibility index (Phi) is 5.73. The van der Waals surface area contributed by atoms with E-state index in [1.165, 1.54) is 0 Å². The van der Waals surface area contributed by atoms with Gasteiger partial charge in [0.15, 0.2) is 0 Å². The van der Waals surface area contributed by atoms with Crippen LogP contribution in [0.4, 0.5) is 5.69 Å². The van der Waals surface area contributed by atoms with Crippen molar-refractivity contribution >= 4 is 33.3 Å². The lowest BCUT2D eigenvalue weighted by molar-refractivity contribution is -0.385. The van der Waals surface area contributed by atoms with Crippen LogP contribution in [0.15, 0.2) is 53.4 Å². The topological polar surface area (TPSA) is 127 Å². The standard InChI is InChI=1S/C15H13ClN2O6S/c16-12-7-6-11(18(21)22)8-14(12)25(23,24)17-13(9-15(19)20)10-4-2-1-3-5-10/h1-8,13,17H,9H2,(H,19,20). The quantitative estimate of drug-likeness (QED) is 0.558. The van der Waals surface area contributed by atoms with Crippen molar-refractivity contribution in [1.82, 2.24) is 4.72 Å². The Morgan fingerprint density at radius 3 is 2.44 bits per heavy atom. The molecule has 0 saturated carbocycles. The zero-order valence-corrected chi connectivity index (χ0v) is 14.2. The van der Waals surface area contributed by atoms with Crippen LogP contribution in [0.2, 0.25) is 5.02 Å². The number of carboxylic acid groups (broad SMARTS) is 1. The summed E-state index contributed by atoms with van der Waals surface area (Å²) in [4.78, 5) is 20.7. The van der Waals surface area contributed by atoms with Gasteiger partial charge in [-0.15, -0.1) is 0 Å².